The van der Waals surface area contributed by atoms with Crippen molar-refractivity contribution in [2.45, 2.75) is 37.6 Å². The Balaban J connectivity index is 2.38. The highest BCUT2D eigenvalue weighted by Gasteiger charge is 2.25. The van der Waals surface area contributed by atoms with Crippen LogP contribution in [0.5, 0.6) is 0 Å². The lowest BCUT2D eigenvalue weighted by atomic mass is 9.94. The molecule has 1 rings (SSSR count). The Morgan fingerprint density at radius 2 is 2.13 bits per heavy atom. The summed E-state index contributed by atoms with van der Waals surface area (Å²) >= 11 is 0. The van der Waals surface area contributed by atoms with Crippen LogP contribution in [0.2, 0.25) is 5.54 Å². The van der Waals surface area contributed by atoms with Crippen molar-refractivity contribution >= 4 is 9.52 Å². The van der Waals surface area contributed by atoms with Crippen LogP contribution in [0.4, 0.5) is 0 Å². The van der Waals surface area contributed by atoms with Gasteiger partial charge in [0.05, 0.1) is 9.52 Å². The normalized spacial score (nSPS) is 25.2. The van der Waals surface area contributed by atoms with E-state index in [9.17, 15) is 0 Å². The number of hydrogen-bond acceptors (Lipinski definition) is 3. The first kappa shape index (κ1) is 13.2. The SMILES string of the molecule is CCC([SiH2]C(OC)OC)C1CCCNC1. The second kappa shape index (κ2) is 7.38. The zero-order chi connectivity index (χ0) is 11.1. The van der Waals surface area contributed by atoms with Crippen molar-refractivity contribution in [2.24, 2.45) is 5.92 Å². The summed E-state index contributed by atoms with van der Waals surface area (Å²) in [6.07, 6.45) is 4.00. The molecule has 1 fully saturated rings. The quantitative estimate of drug-likeness (QED) is 0.545. The molecule has 0 aromatic heterocycles. The summed E-state index contributed by atoms with van der Waals surface area (Å²) < 4.78 is 10.7. The van der Waals surface area contributed by atoms with Gasteiger partial charge in [0.2, 0.25) is 0 Å². The van der Waals surface area contributed by atoms with Crippen LogP contribution in [-0.2, 0) is 9.47 Å². The number of nitrogens with one attached hydrogen (secondary N) is 1. The summed E-state index contributed by atoms with van der Waals surface area (Å²) in [4.78, 5) is 0. The molecule has 90 valence electrons. The molecule has 0 aromatic rings. The number of hydrogen-bond donors (Lipinski definition) is 1. The zero-order valence-electron chi connectivity index (χ0n) is 10.3. The van der Waals surface area contributed by atoms with Gasteiger partial charge in [0.15, 0.2) is 0 Å². The topological polar surface area (TPSA) is 30.5 Å². The van der Waals surface area contributed by atoms with E-state index in [0.29, 0.717) is 0 Å². The average molecular weight is 231 g/mol. The van der Waals surface area contributed by atoms with Gasteiger partial charge < -0.3 is 14.8 Å². The second-order valence-corrected chi connectivity index (χ2v) is 6.60. The summed E-state index contributed by atoms with van der Waals surface area (Å²) in [6, 6.07) is 0. The van der Waals surface area contributed by atoms with Gasteiger partial charge in [-0.2, -0.15) is 0 Å². The number of ether oxygens (including phenoxy) is 2. The molecule has 2 atom stereocenters. The number of rotatable bonds is 6. The van der Waals surface area contributed by atoms with Crippen LogP contribution in [0.3, 0.4) is 0 Å². The summed E-state index contributed by atoms with van der Waals surface area (Å²) in [6.45, 7) is 4.70. The highest BCUT2D eigenvalue weighted by molar-refractivity contribution is 6.38. The Morgan fingerprint density at radius 1 is 1.40 bits per heavy atom. The van der Waals surface area contributed by atoms with Crippen molar-refractivity contribution in [1.82, 2.24) is 5.32 Å². The average Bonchev–Trinajstić information content (AvgIpc) is 2.32. The van der Waals surface area contributed by atoms with Crippen molar-refractivity contribution in [3.63, 3.8) is 0 Å². The maximum absolute atomic E-state index is 5.34. The predicted molar refractivity (Wildman–Crippen MR) is 66.0 cm³/mol. The van der Waals surface area contributed by atoms with E-state index in [0.717, 1.165) is 11.5 Å². The lowest BCUT2D eigenvalue weighted by Gasteiger charge is -2.31. The number of piperidine rings is 1. The van der Waals surface area contributed by atoms with Crippen molar-refractivity contribution in [1.29, 1.82) is 0 Å². The fourth-order valence-corrected chi connectivity index (χ4v) is 4.51. The molecular formula is C11H25NO2Si. The summed E-state index contributed by atoms with van der Waals surface area (Å²) in [5, 5.41) is 3.50. The second-order valence-electron chi connectivity index (χ2n) is 4.41. The minimum atomic E-state index is -0.290. The van der Waals surface area contributed by atoms with E-state index in [4.69, 9.17) is 9.47 Å². The van der Waals surface area contributed by atoms with E-state index in [1.165, 1.54) is 32.4 Å². The fraction of sp³-hybridized carbons (Fsp3) is 1.00. The Labute approximate surface area is 95.7 Å². The first-order chi connectivity index (χ1) is 7.31. The molecule has 1 heterocycles. The van der Waals surface area contributed by atoms with E-state index in [-0.39, 0.29) is 15.4 Å². The molecule has 0 radical (unpaired) electrons. The molecule has 0 aliphatic carbocycles. The van der Waals surface area contributed by atoms with Crippen LogP contribution >= 0.6 is 0 Å². The van der Waals surface area contributed by atoms with Gasteiger partial charge in [-0.3, -0.25) is 0 Å². The third-order valence-electron chi connectivity index (χ3n) is 3.55. The van der Waals surface area contributed by atoms with Crippen LogP contribution in [-0.4, -0.2) is 42.7 Å². The molecule has 1 aliphatic heterocycles. The minimum Gasteiger partial charge on any atom is -0.360 e. The molecule has 1 aliphatic rings. The van der Waals surface area contributed by atoms with E-state index in [1.807, 2.05) is 0 Å². The van der Waals surface area contributed by atoms with Gasteiger partial charge in [0.1, 0.15) is 5.91 Å². The van der Waals surface area contributed by atoms with Crippen molar-refractivity contribution in [3.8, 4) is 0 Å². The fourth-order valence-electron chi connectivity index (χ4n) is 2.51. The van der Waals surface area contributed by atoms with Gasteiger partial charge in [0.25, 0.3) is 0 Å². The van der Waals surface area contributed by atoms with E-state index in [1.54, 1.807) is 14.2 Å². The van der Waals surface area contributed by atoms with Crippen molar-refractivity contribution in [2.75, 3.05) is 27.3 Å². The van der Waals surface area contributed by atoms with E-state index < -0.39 is 0 Å². The van der Waals surface area contributed by atoms with Gasteiger partial charge >= 0.3 is 0 Å². The van der Waals surface area contributed by atoms with Gasteiger partial charge in [-0.25, -0.2) is 0 Å². The maximum atomic E-state index is 5.34. The van der Waals surface area contributed by atoms with Crippen LogP contribution in [0.15, 0.2) is 0 Å². The summed E-state index contributed by atoms with van der Waals surface area (Å²) in [5.74, 6) is 0.972. The lowest BCUT2D eigenvalue weighted by Crippen LogP contribution is -2.37. The monoisotopic (exact) mass is 231 g/mol. The molecule has 1 N–H and O–H groups in total. The Bertz CT molecular complexity index is 159. The van der Waals surface area contributed by atoms with Gasteiger partial charge in [-0.1, -0.05) is 13.3 Å². The molecule has 3 nitrogen and oxygen atoms in total. The van der Waals surface area contributed by atoms with Crippen LogP contribution in [0.1, 0.15) is 26.2 Å². The van der Waals surface area contributed by atoms with Crippen LogP contribution in [0, 0.1) is 5.92 Å². The molecule has 0 bridgehead atoms. The van der Waals surface area contributed by atoms with Gasteiger partial charge in [0, 0.05) is 14.2 Å². The largest absolute Gasteiger partial charge is 0.360 e. The maximum Gasteiger partial charge on any atom is 0.134 e. The van der Waals surface area contributed by atoms with Crippen LogP contribution < -0.4 is 5.32 Å². The molecular weight excluding hydrogens is 206 g/mol. The molecule has 0 spiro atoms. The molecule has 4 heteroatoms. The minimum absolute atomic E-state index is 0.108. The van der Waals surface area contributed by atoms with Gasteiger partial charge in [-0.05, 0) is 37.4 Å². The van der Waals surface area contributed by atoms with Crippen molar-refractivity contribution < 1.29 is 9.47 Å². The Morgan fingerprint density at radius 3 is 2.60 bits per heavy atom. The smallest absolute Gasteiger partial charge is 0.134 e. The standard InChI is InChI=1S/C11H25NO2Si/c1-4-10(15-11(13-2)14-3)9-6-5-7-12-8-9/h9-12H,4-8,15H2,1-3H3. The van der Waals surface area contributed by atoms with Crippen LogP contribution in [0.25, 0.3) is 0 Å². The molecule has 2 unspecified atom stereocenters. The highest BCUT2D eigenvalue weighted by Crippen LogP contribution is 2.28. The lowest BCUT2D eigenvalue weighted by molar-refractivity contribution is -0.0454. The first-order valence-electron chi connectivity index (χ1n) is 6.08. The molecule has 0 saturated carbocycles. The molecule has 0 amide bonds. The van der Waals surface area contributed by atoms with Crippen molar-refractivity contribution in [3.05, 3.63) is 0 Å². The summed E-state index contributed by atoms with van der Waals surface area (Å²) in [5.41, 5.74) is 0.864. The molecule has 0 aromatic carbocycles. The first-order valence-corrected chi connectivity index (χ1v) is 7.71. The third kappa shape index (κ3) is 4.22. The Hall–Kier alpha value is 0.0969. The predicted octanol–water partition coefficient (Wildman–Crippen LogP) is 0.930. The zero-order valence-corrected chi connectivity index (χ0v) is 11.7. The molecule has 15 heavy (non-hydrogen) atoms. The third-order valence-corrected chi connectivity index (χ3v) is 6.45. The van der Waals surface area contributed by atoms with E-state index >= 15 is 0 Å². The number of methoxy groups -OCH3 is 2. The van der Waals surface area contributed by atoms with E-state index in [2.05, 4.69) is 12.2 Å². The van der Waals surface area contributed by atoms with Gasteiger partial charge in [-0.15, -0.1) is 0 Å². The Kier molecular flexibility index (Phi) is 6.48. The highest BCUT2D eigenvalue weighted by atomic mass is 28.2. The summed E-state index contributed by atoms with van der Waals surface area (Å²) in [7, 11) is 3.22. The molecule has 1 saturated heterocycles.